The van der Waals surface area contributed by atoms with Crippen LogP contribution in [0.3, 0.4) is 0 Å². The molecule has 0 aromatic carbocycles. The molecule has 7 heteroatoms. The van der Waals surface area contributed by atoms with Crippen molar-refractivity contribution >= 4 is 12.4 Å². The van der Waals surface area contributed by atoms with Gasteiger partial charge in [-0.3, -0.25) is 0 Å². The molecule has 0 aliphatic carbocycles. The van der Waals surface area contributed by atoms with Crippen LogP contribution in [-0.4, -0.2) is 50.1 Å². The van der Waals surface area contributed by atoms with E-state index < -0.39 is 24.5 Å². The molecular formula is C8H14FNO5. The van der Waals surface area contributed by atoms with Gasteiger partial charge in [0.05, 0.1) is 19.4 Å². The minimum atomic E-state index is -1.77. The van der Waals surface area contributed by atoms with Gasteiger partial charge in [-0.1, -0.05) is 5.16 Å². The number of oxime groups is 1. The van der Waals surface area contributed by atoms with Crippen LogP contribution in [-0.2, 0) is 14.3 Å². The highest BCUT2D eigenvalue weighted by Gasteiger charge is 2.29. The minimum absolute atomic E-state index is 0.778. The number of hydrogen-bond acceptors (Lipinski definition) is 6. The standard InChI is InChI=1S/C8H14FNO5/c1-5(11)7(15-8(12)13-2)6(9)4-10-14-3/h4-7,11H,1-3H3/t5-,6-,7-/m1/s1. The van der Waals surface area contributed by atoms with Crippen molar-refractivity contribution in [3.63, 3.8) is 0 Å². The van der Waals surface area contributed by atoms with Gasteiger partial charge in [-0.15, -0.1) is 0 Å². The lowest BCUT2D eigenvalue weighted by molar-refractivity contribution is -0.0391. The fraction of sp³-hybridized carbons (Fsp3) is 0.750. The van der Waals surface area contributed by atoms with Crippen molar-refractivity contribution in [3.8, 4) is 0 Å². The molecule has 0 aliphatic rings. The van der Waals surface area contributed by atoms with E-state index in [9.17, 15) is 9.18 Å². The normalized spacial score (nSPS) is 16.9. The van der Waals surface area contributed by atoms with Gasteiger partial charge in [-0.05, 0) is 6.92 Å². The molecule has 6 nitrogen and oxygen atoms in total. The van der Waals surface area contributed by atoms with E-state index in [2.05, 4.69) is 19.5 Å². The molecule has 1 N–H and O–H groups in total. The van der Waals surface area contributed by atoms with Crippen molar-refractivity contribution in [2.24, 2.45) is 5.16 Å². The van der Waals surface area contributed by atoms with Gasteiger partial charge in [0.25, 0.3) is 0 Å². The van der Waals surface area contributed by atoms with Crippen LogP contribution in [0.4, 0.5) is 9.18 Å². The molecule has 0 fully saturated rings. The number of rotatable bonds is 5. The van der Waals surface area contributed by atoms with E-state index in [1.807, 2.05) is 0 Å². The topological polar surface area (TPSA) is 77.4 Å². The van der Waals surface area contributed by atoms with Crippen molar-refractivity contribution in [1.29, 1.82) is 0 Å². The molecule has 0 amide bonds. The minimum Gasteiger partial charge on any atom is -0.438 e. The Labute approximate surface area is 86.6 Å². The van der Waals surface area contributed by atoms with Gasteiger partial charge >= 0.3 is 6.16 Å². The van der Waals surface area contributed by atoms with Crippen LogP contribution in [0.5, 0.6) is 0 Å². The van der Waals surface area contributed by atoms with E-state index in [4.69, 9.17) is 5.11 Å². The van der Waals surface area contributed by atoms with Crippen molar-refractivity contribution in [3.05, 3.63) is 0 Å². The van der Waals surface area contributed by atoms with Gasteiger partial charge in [0, 0.05) is 0 Å². The maximum atomic E-state index is 13.3. The summed E-state index contributed by atoms with van der Waals surface area (Å²) in [5.74, 6) is 0. The van der Waals surface area contributed by atoms with Crippen LogP contribution >= 0.6 is 0 Å². The third-order valence-electron chi connectivity index (χ3n) is 1.50. The first kappa shape index (κ1) is 13.6. The summed E-state index contributed by atoms with van der Waals surface area (Å²) in [7, 11) is 2.32. The molecule has 0 saturated carbocycles. The van der Waals surface area contributed by atoms with Crippen LogP contribution in [0.1, 0.15) is 6.92 Å². The molecule has 0 rings (SSSR count). The van der Waals surface area contributed by atoms with Crippen molar-refractivity contribution in [2.75, 3.05) is 14.2 Å². The SMILES string of the molecule is CON=C[C@@H](F)[C@H](OC(=O)OC)[C@@H](C)O. The molecule has 0 radical (unpaired) electrons. The maximum absolute atomic E-state index is 13.3. The van der Waals surface area contributed by atoms with Crippen LogP contribution in [0, 0.1) is 0 Å². The molecule has 0 bridgehead atoms. The van der Waals surface area contributed by atoms with Gasteiger partial charge in [-0.25, -0.2) is 9.18 Å². The van der Waals surface area contributed by atoms with E-state index >= 15 is 0 Å². The molecule has 3 atom stereocenters. The van der Waals surface area contributed by atoms with Gasteiger partial charge in [0.15, 0.2) is 12.3 Å². The van der Waals surface area contributed by atoms with Crippen LogP contribution < -0.4 is 0 Å². The smallest absolute Gasteiger partial charge is 0.438 e. The second-order valence-corrected chi connectivity index (χ2v) is 2.66. The van der Waals surface area contributed by atoms with Crippen molar-refractivity contribution in [2.45, 2.75) is 25.3 Å². The number of alkyl halides is 1. The fourth-order valence-corrected chi connectivity index (χ4v) is 0.793. The third kappa shape index (κ3) is 5.16. The summed E-state index contributed by atoms with van der Waals surface area (Å²) in [6.45, 7) is 1.28. The number of ether oxygens (including phenoxy) is 2. The molecule has 88 valence electrons. The average molecular weight is 223 g/mol. The predicted octanol–water partition coefficient (Wildman–Crippen LogP) is 0.489. The first-order valence-electron chi connectivity index (χ1n) is 4.16. The average Bonchev–Trinajstić information content (AvgIpc) is 2.21. The molecule has 0 unspecified atom stereocenters. The number of carbonyl (C=O) groups excluding carboxylic acids is 1. The highest BCUT2D eigenvalue weighted by Crippen LogP contribution is 2.09. The number of methoxy groups -OCH3 is 1. The Balaban J connectivity index is 4.37. The van der Waals surface area contributed by atoms with Gasteiger partial charge in [0.1, 0.15) is 7.11 Å². The van der Waals surface area contributed by atoms with Gasteiger partial charge in [0.2, 0.25) is 0 Å². The lowest BCUT2D eigenvalue weighted by Crippen LogP contribution is -2.38. The molecule has 0 aromatic rings. The number of aliphatic hydroxyl groups is 1. The molecule has 0 saturated heterocycles. The van der Waals surface area contributed by atoms with E-state index in [-0.39, 0.29) is 0 Å². The first-order valence-corrected chi connectivity index (χ1v) is 4.16. The Bertz CT molecular complexity index is 221. The number of aliphatic hydroxyl groups excluding tert-OH is 1. The molecule has 0 aliphatic heterocycles. The van der Waals surface area contributed by atoms with E-state index in [0.29, 0.717) is 0 Å². The largest absolute Gasteiger partial charge is 0.508 e. The summed E-state index contributed by atoms with van der Waals surface area (Å²) in [4.78, 5) is 15.0. The van der Waals surface area contributed by atoms with Gasteiger partial charge < -0.3 is 19.4 Å². The lowest BCUT2D eigenvalue weighted by atomic mass is 10.1. The van der Waals surface area contributed by atoms with Crippen LogP contribution in [0.15, 0.2) is 5.16 Å². The van der Waals surface area contributed by atoms with Crippen LogP contribution in [0.25, 0.3) is 0 Å². The Morgan fingerprint density at radius 2 is 2.13 bits per heavy atom. The van der Waals surface area contributed by atoms with Gasteiger partial charge in [-0.2, -0.15) is 0 Å². The summed E-state index contributed by atoms with van der Waals surface area (Å²) in [5.41, 5.74) is 0. The summed E-state index contributed by atoms with van der Waals surface area (Å²) in [6.07, 6.45) is -4.64. The quantitative estimate of drug-likeness (QED) is 0.417. The highest BCUT2D eigenvalue weighted by molar-refractivity contribution is 5.65. The third-order valence-corrected chi connectivity index (χ3v) is 1.50. The first-order chi connectivity index (χ1) is 7.02. The number of carbonyl (C=O) groups is 1. The van der Waals surface area contributed by atoms with Crippen molar-refractivity contribution in [1.82, 2.24) is 0 Å². The maximum Gasteiger partial charge on any atom is 0.508 e. The Hall–Kier alpha value is -1.37. The number of halogens is 1. The summed E-state index contributed by atoms with van der Waals surface area (Å²) < 4.78 is 21.9. The monoisotopic (exact) mass is 223 g/mol. The summed E-state index contributed by atoms with van der Waals surface area (Å²) in [5, 5.41) is 12.3. The molecule has 0 aromatic heterocycles. The second kappa shape index (κ2) is 6.99. The second-order valence-electron chi connectivity index (χ2n) is 2.66. The van der Waals surface area contributed by atoms with E-state index in [1.54, 1.807) is 0 Å². The summed E-state index contributed by atoms with van der Waals surface area (Å²) in [6, 6.07) is 0. The zero-order valence-corrected chi connectivity index (χ0v) is 8.71. The summed E-state index contributed by atoms with van der Waals surface area (Å²) >= 11 is 0. The predicted molar refractivity (Wildman–Crippen MR) is 49.4 cm³/mol. The highest BCUT2D eigenvalue weighted by atomic mass is 19.1. The fourth-order valence-electron chi connectivity index (χ4n) is 0.793. The molecule has 15 heavy (non-hydrogen) atoms. The van der Waals surface area contributed by atoms with Crippen LogP contribution in [0.2, 0.25) is 0 Å². The molecule has 0 spiro atoms. The van der Waals surface area contributed by atoms with Crippen molar-refractivity contribution < 1.29 is 28.6 Å². The Morgan fingerprint density at radius 3 is 2.53 bits per heavy atom. The molecular weight excluding hydrogens is 209 g/mol. The lowest BCUT2D eigenvalue weighted by Gasteiger charge is -2.20. The zero-order valence-electron chi connectivity index (χ0n) is 8.71. The Kier molecular flexibility index (Phi) is 6.35. The number of hydrogen-bond donors (Lipinski definition) is 1. The number of nitrogens with zero attached hydrogens (tertiary/aromatic N) is 1. The molecule has 0 heterocycles. The zero-order chi connectivity index (χ0) is 11.8. The van der Waals surface area contributed by atoms with E-state index in [1.165, 1.54) is 14.0 Å². The Morgan fingerprint density at radius 1 is 1.53 bits per heavy atom. The van der Waals surface area contributed by atoms with E-state index in [0.717, 1.165) is 13.3 Å².